The first-order valence-corrected chi connectivity index (χ1v) is 9.45. The summed E-state index contributed by atoms with van der Waals surface area (Å²) in [6.45, 7) is 3.12. The second-order valence-electron chi connectivity index (χ2n) is 6.73. The van der Waals surface area contributed by atoms with Crippen molar-refractivity contribution in [3.63, 3.8) is 0 Å². The van der Waals surface area contributed by atoms with E-state index in [1.54, 1.807) is 0 Å². The second-order valence-corrected chi connectivity index (χ2v) is 8.32. The van der Waals surface area contributed by atoms with Gasteiger partial charge in [0.05, 0.1) is 5.01 Å². The molecule has 1 aromatic carbocycles. The van der Waals surface area contributed by atoms with Crippen LogP contribution in [0.4, 0.5) is 0 Å². The molecule has 3 nitrogen and oxygen atoms in total. The highest BCUT2D eigenvalue weighted by atomic mass is 35.5. The maximum atomic E-state index is 9.76. The smallest absolute Gasteiger partial charge is 0.0959 e. The molecule has 2 fully saturated rings. The average Bonchev–Trinajstić information content (AvgIpc) is 3.17. The van der Waals surface area contributed by atoms with Crippen LogP contribution in [0, 0.1) is 5.92 Å². The molecule has 4 rings (SSSR count). The second kappa shape index (κ2) is 6.52. The largest absolute Gasteiger partial charge is 0.396 e. The molecule has 5 heteroatoms. The number of rotatable bonds is 5. The number of benzene rings is 1. The van der Waals surface area contributed by atoms with Gasteiger partial charge in [0, 0.05) is 60.1 Å². The Morgan fingerprint density at radius 1 is 1.22 bits per heavy atom. The summed E-state index contributed by atoms with van der Waals surface area (Å²) in [5.74, 6) is 1.42. The van der Waals surface area contributed by atoms with Crippen LogP contribution in [0.25, 0.3) is 0 Å². The van der Waals surface area contributed by atoms with Crippen LogP contribution < -0.4 is 0 Å². The van der Waals surface area contributed by atoms with Crippen LogP contribution in [0.5, 0.6) is 0 Å². The van der Waals surface area contributed by atoms with Gasteiger partial charge >= 0.3 is 0 Å². The van der Waals surface area contributed by atoms with Crippen molar-refractivity contribution in [1.82, 2.24) is 9.88 Å². The van der Waals surface area contributed by atoms with Crippen LogP contribution in [0.1, 0.15) is 40.1 Å². The van der Waals surface area contributed by atoms with Crippen molar-refractivity contribution in [2.45, 2.75) is 31.2 Å². The van der Waals surface area contributed by atoms with E-state index in [4.69, 9.17) is 11.6 Å². The number of nitrogens with zero attached hydrogens (tertiary/aromatic N) is 2. The zero-order chi connectivity index (χ0) is 15.8. The molecule has 0 amide bonds. The molecule has 1 N–H and O–H groups in total. The normalized spacial score (nSPS) is 25.1. The SMILES string of the molecule is OC[C@@H]1CN(Cc2cnc(C3CC3)s2)C[C@H]1c1ccc(Cl)cc1. The lowest BCUT2D eigenvalue weighted by molar-refractivity contribution is 0.214. The van der Waals surface area contributed by atoms with E-state index in [0.29, 0.717) is 11.8 Å². The van der Waals surface area contributed by atoms with Crippen LogP contribution in [0.2, 0.25) is 5.02 Å². The molecule has 1 saturated heterocycles. The number of aromatic nitrogens is 1. The lowest BCUT2D eigenvalue weighted by atomic mass is 9.90. The van der Waals surface area contributed by atoms with Crippen LogP contribution in [0.15, 0.2) is 30.5 Å². The standard InChI is InChI=1S/C18H21ClN2OS/c19-15-5-3-12(4-6-15)17-10-21(8-14(17)11-22)9-16-7-20-18(23-16)13-1-2-13/h3-7,13-14,17,22H,1-2,8-11H2/t14-,17-/m0/s1. The number of hydrogen-bond donors (Lipinski definition) is 1. The summed E-state index contributed by atoms with van der Waals surface area (Å²) in [4.78, 5) is 8.37. The minimum atomic E-state index is 0.236. The summed E-state index contributed by atoms with van der Waals surface area (Å²) in [6.07, 6.45) is 4.66. The lowest BCUT2D eigenvalue weighted by Gasteiger charge is -2.16. The van der Waals surface area contributed by atoms with Gasteiger partial charge in [0.2, 0.25) is 0 Å². The number of thiazole rings is 1. The van der Waals surface area contributed by atoms with Gasteiger partial charge in [-0.2, -0.15) is 0 Å². The Kier molecular flexibility index (Phi) is 4.41. The van der Waals surface area contributed by atoms with E-state index in [2.05, 4.69) is 22.0 Å². The minimum absolute atomic E-state index is 0.236. The monoisotopic (exact) mass is 348 g/mol. The van der Waals surface area contributed by atoms with Crippen LogP contribution in [0.3, 0.4) is 0 Å². The van der Waals surface area contributed by atoms with Crippen LogP contribution in [-0.4, -0.2) is 34.7 Å². The fourth-order valence-electron chi connectivity index (χ4n) is 3.50. The van der Waals surface area contributed by atoms with Gasteiger partial charge in [-0.05, 0) is 30.5 Å². The Bertz CT molecular complexity index is 668. The Morgan fingerprint density at radius 2 is 2.00 bits per heavy atom. The van der Waals surface area contributed by atoms with Crippen molar-refractivity contribution in [1.29, 1.82) is 0 Å². The molecule has 0 bridgehead atoms. The first-order chi connectivity index (χ1) is 11.2. The zero-order valence-electron chi connectivity index (χ0n) is 13.0. The van der Waals surface area contributed by atoms with Crippen molar-refractivity contribution in [3.8, 4) is 0 Å². The Labute approximate surface area is 145 Å². The van der Waals surface area contributed by atoms with Gasteiger partial charge in [0.15, 0.2) is 0 Å². The number of aliphatic hydroxyl groups excluding tert-OH is 1. The quantitative estimate of drug-likeness (QED) is 0.890. The third kappa shape index (κ3) is 3.45. The van der Waals surface area contributed by atoms with Crippen molar-refractivity contribution in [2.24, 2.45) is 5.92 Å². The van der Waals surface area contributed by atoms with E-state index in [1.165, 1.54) is 28.3 Å². The molecule has 1 aromatic heterocycles. The molecular weight excluding hydrogens is 328 g/mol. The fourth-order valence-corrected chi connectivity index (χ4v) is 4.75. The Morgan fingerprint density at radius 3 is 2.70 bits per heavy atom. The van der Waals surface area contributed by atoms with E-state index in [1.807, 2.05) is 29.7 Å². The Balaban J connectivity index is 1.44. The van der Waals surface area contributed by atoms with Crippen molar-refractivity contribution >= 4 is 22.9 Å². The van der Waals surface area contributed by atoms with Crippen molar-refractivity contribution in [3.05, 3.63) is 50.9 Å². The number of aliphatic hydroxyl groups is 1. The van der Waals surface area contributed by atoms with Gasteiger partial charge < -0.3 is 5.11 Å². The van der Waals surface area contributed by atoms with E-state index < -0.39 is 0 Å². The summed E-state index contributed by atoms with van der Waals surface area (Å²) in [6, 6.07) is 8.08. The van der Waals surface area contributed by atoms with Crippen molar-refractivity contribution < 1.29 is 5.11 Å². The molecule has 0 radical (unpaired) electrons. The van der Waals surface area contributed by atoms with Gasteiger partial charge in [-0.25, -0.2) is 4.98 Å². The van der Waals surface area contributed by atoms with Gasteiger partial charge in [-0.15, -0.1) is 11.3 Å². The fraction of sp³-hybridized carbons (Fsp3) is 0.500. The molecule has 2 atom stereocenters. The highest BCUT2D eigenvalue weighted by Crippen LogP contribution is 2.42. The maximum absolute atomic E-state index is 9.76. The summed E-state index contributed by atoms with van der Waals surface area (Å²) >= 11 is 7.86. The lowest BCUT2D eigenvalue weighted by Crippen LogP contribution is -2.20. The predicted octanol–water partition coefficient (Wildman–Crippen LogP) is 3.88. The molecule has 2 heterocycles. The molecule has 1 aliphatic carbocycles. The number of hydrogen-bond acceptors (Lipinski definition) is 4. The third-order valence-electron chi connectivity index (χ3n) is 4.93. The minimum Gasteiger partial charge on any atom is -0.396 e. The molecule has 0 spiro atoms. The molecule has 122 valence electrons. The third-order valence-corrected chi connectivity index (χ3v) is 6.32. The predicted molar refractivity (Wildman–Crippen MR) is 94.1 cm³/mol. The van der Waals surface area contributed by atoms with Crippen molar-refractivity contribution in [2.75, 3.05) is 19.7 Å². The summed E-state index contributed by atoms with van der Waals surface area (Å²) < 4.78 is 0. The zero-order valence-corrected chi connectivity index (χ0v) is 14.6. The van der Waals surface area contributed by atoms with Crippen LogP contribution in [-0.2, 0) is 6.54 Å². The van der Waals surface area contributed by atoms with Crippen LogP contribution >= 0.6 is 22.9 Å². The highest BCUT2D eigenvalue weighted by Gasteiger charge is 2.34. The summed E-state index contributed by atoms with van der Waals surface area (Å²) in [5.41, 5.74) is 1.28. The van der Waals surface area contributed by atoms with Gasteiger partial charge in [0.1, 0.15) is 0 Å². The molecule has 1 aliphatic heterocycles. The summed E-state index contributed by atoms with van der Waals surface area (Å²) in [5, 5.41) is 11.8. The Hall–Kier alpha value is -0.940. The van der Waals surface area contributed by atoms with E-state index in [0.717, 1.165) is 30.6 Å². The van der Waals surface area contributed by atoms with E-state index >= 15 is 0 Å². The number of likely N-dealkylation sites (tertiary alicyclic amines) is 1. The van der Waals surface area contributed by atoms with Gasteiger partial charge in [0.25, 0.3) is 0 Å². The molecular formula is C18H21ClN2OS. The average molecular weight is 349 g/mol. The molecule has 2 aliphatic rings. The first kappa shape index (κ1) is 15.6. The van der Waals surface area contributed by atoms with Gasteiger partial charge in [-0.3, -0.25) is 4.90 Å². The van der Waals surface area contributed by atoms with Gasteiger partial charge in [-0.1, -0.05) is 23.7 Å². The number of halogens is 1. The van der Waals surface area contributed by atoms with E-state index in [9.17, 15) is 5.11 Å². The molecule has 0 unspecified atom stereocenters. The molecule has 2 aromatic rings. The topological polar surface area (TPSA) is 36.4 Å². The van der Waals surface area contributed by atoms with E-state index in [-0.39, 0.29) is 6.61 Å². The highest BCUT2D eigenvalue weighted by molar-refractivity contribution is 7.11. The summed E-state index contributed by atoms with van der Waals surface area (Å²) in [7, 11) is 0. The molecule has 23 heavy (non-hydrogen) atoms. The first-order valence-electron chi connectivity index (χ1n) is 8.26. The molecule has 1 saturated carbocycles. The maximum Gasteiger partial charge on any atom is 0.0959 e.